The van der Waals surface area contributed by atoms with Gasteiger partial charge in [0.15, 0.2) is 11.5 Å². The standard InChI is InChI=1S/C31H29N7O6/c1-5-32-26-23(29(40)34-21-11-9-19(10-12-21)25-18(3)44-38(4)31(25)42)15-17(2)33-27(26)30(41)35-22-8-6-7-20(16-22)28(39)36-24-13-14-43-37-24/h6-16,32H,5H2,1-4H3,(H,34,40)(H,35,41)(H,36,37,39). The second-order valence-electron chi connectivity index (χ2n) is 9.80. The number of nitrogens with zero attached hydrogens (tertiary/aromatic N) is 3. The van der Waals surface area contributed by atoms with E-state index in [1.165, 1.54) is 18.4 Å². The van der Waals surface area contributed by atoms with Gasteiger partial charge in [-0.1, -0.05) is 23.4 Å². The van der Waals surface area contributed by atoms with Crippen LogP contribution in [0.5, 0.6) is 0 Å². The van der Waals surface area contributed by atoms with Crippen LogP contribution in [0.25, 0.3) is 11.1 Å². The van der Waals surface area contributed by atoms with Crippen molar-refractivity contribution in [1.82, 2.24) is 14.9 Å². The molecule has 3 amide bonds. The van der Waals surface area contributed by atoms with Gasteiger partial charge in [-0.2, -0.15) is 4.74 Å². The lowest BCUT2D eigenvalue weighted by molar-refractivity contribution is 0.101. The second kappa shape index (κ2) is 12.5. The lowest BCUT2D eigenvalue weighted by Crippen LogP contribution is -2.22. The average molecular weight is 596 g/mol. The van der Waals surface area contributed by atoms with Crippen LogP contribution in [0.15, 0.2) is 80.8 Å². The molecule has 3 heterocycles. The molecule has 0 radical (unpaired) electrons. The van der Waals surface area contributed by atoms with Crippen molar-refractivity contribution >= 4 is 40.6 Å². The number of aryl methyl sites for hydroxylation is 3. The van der Waals surface area contributed by atoms with E-state index in [0.717, 1.165) is 4.74 Å². The van der Waals surface area contributed by atoms with Crippen molar-refractivity contribution in [2.24, 2.45) is 7.05 Å². The van der Waals surface area contributed by atoms with Crippen LogP contribution < -0.4 is 26.8 Å². The van der Waals surface area contributed by atoms with E-state index >= 15 is 0 Å². The molecule has 0 bridgehead atoms. The summed E-state index contributed by atoms with van der Waals surface area (Å²) >= 11 is 0. The first-order valence-electron chi connectivity index (χ1n) is 13.6. The first-order chi connectivity index (χ1) is 21.1. The maximum atomic E-state index is 13.5. The summed E-state index contributed by atoms with van der Waals surface area (Å²) in [6.45, 7) is 5.64. The Kier molecular flexibility index (Phi) is 8.37. The van der Waals surface area contributed by atoms with E-state index in [4.69, 9.17) is 9.05 Å². The van der Waals surface area contributed by atoms with Crippen molar-refractivity contribution in [3.8, 4) is 11.1 Å². The number of pyridine rings is 1. The SMILES string of the molecule is CCNc1c(C(=O)Nc2ccc(-c3c(C)on(C)c3=O)cc2)cc(C)nc1C(=O)Nc1cccc(C(=O)Nc2ccon2)c1. The summed E-state index contributed by atoms with van der Waals surface area (Å²) in [5.74, 6) is -0.732. The second-order valence-corrected chi connectivity index (χ2v) is 9.80. The van der Waals surface area contributed by atoms with Crippen LogP contribution in [0, 0.1) is 13.8 Å². The maximum Gasteiger partial charge on any atom is 0.290 e. The predicted octanol–water partition coefficient (Wildman–Crippen LogP) is 4.83. The van der Waals surface area contributed by atoms with E-state index in [-0.39, 0.29) is 33.9 Å². The fourth-order valence-corrected chi connectivity index (χ4v) is 4.61. The summed E-state index contributed by atoms with van der Waals surface area (Å²) in [5, 5.41) is 15.0. The topological polar surface area (TPSA) is 173 Å². The van der Waals surface area contributed by atoms with Gasteiger partial charge in [0, 0.05) is 42.3 Å². The van der Waals surface area contributed by atoms with E-state index in [9.17, 15) is 19.2 Å². The first-order valence-corrected chi connectivity index (χ1v) is 13.6. The van der Waals surface area contributed by atoms with Crippen LogP contribution in [0.3, 0.4) is 0 Å². The van der Waals surface area contributed by atoms with Gasteiger partial charge in [-0.15, -0.1) is 0 Å². The number of benzene rings is 2. The lowest BCUT2D eigenvalue weighted by Gasteiger charge is -2.16. The number of aromatic nitrogens is 3. The molecule has 5 rings (SSSR count). The first kappa shape index (κ1) is 29.5. The molecular formula is C31H29N7O6. The van der Waals surface area contributed by atoms with Crippen molar-refractivity contribution in [3.63, 3.8) is 0 Å². The summed E-state index contributed by atoms with van der Waals surface area (Å²) in [6, 6.07) is 16.2. The average Bonchev–Trinajstić information content (AvgIpc) is 3.60. The van der Waals surface area contributed by atoms with Gasteiger partial charge in [-0.05, 0) is 62.7 Å². The van der Waals surface area contributed by atoms with Gasteiger partial charge in [-0.25, -0.2) is 4.98 Å². The highest BCUT2D eigenvalue weighted by Crippen LogP contribution is 2.26. The fourth-order valence-electron chi connectivity index (χ4n) is 4.61. The molecule has 0 fully saturated rings. The number of hydrogen-bond acceptors (Lipinski definition) is 9. The smallest absolute Gasteiger partial charge is 0.290 e. The number of carbonyl (C=O) groups excluding carboxylic acids is 3. The molecule has 13 nitrogen and oxygen atoms in total. The number of carbonyl (C=O) groups is 3. The number of rotatable bonds is 9. The van der Waals surface area contributed by atoms with Crippen LogP contribution in [0.4, 0.5) is 22.9 Å². The summed E-state index contributed by atoms with van der Waals surface area (Å²) in [4.78, 5) is 56.4. The molecule has 3 aromatic heterocycles. The van der Waals surface area contributed by atoms with Crippen LogP contribution >= 0.6 is 0 Å². The zero-order valence-electron chi connectivity index (χ0n) is 24.3. The molecule has 0 aliphatic heterocycles. The minimum atomic E-state index is -0.575. The third-order valence-corrected chi connectivity index (χ3v) is 6.58. The van der Waals surface area contributed by atoms with Gasteiger partial charge in [0.2, 0.25) is 0 Å². The Morgan fingerprint density at radius 2 is 1.64 bits per heavy atom. The number of hydrogen-bond donors (Lipinski definition) is 4. The highest BCUT2D eigenvalue weighted by atomic mass is 16.5. The van der Waals surface area contributed by atoms with Crippen LogP contribution in [-0.2, 0) is 7.05 Å². The Morgan fingerprint density at radius 3 is 2.30 bits per heavy atom. The Labute approximate surface area is 251 Å². The molecule has 4 N–H and O–H groups in total. The van der Waals surface area contributed by atoms with E-state index in [2.05, 4.69) is 31.4 Å². The Morgan fingerprint density at radius 1 is 0.886 bits per heavy atom. The molecule has 13 heteroatoms. The third-order valence-electron chi connectivity index (χ3n) is 6.58. The molecule has 2 aromatic carbocycles. The Bertz CT molecular complexity index is 1910. The van der Waals surface area contributed by atoms with Crippen LogP contribution in [0.2, 0.25) is 0 Å². The van der Waals surface area contributed by atoms with Crippen LogP contribution in [0.1, 0.15) is 49.6 Å². The zero-order chi connectivity index (χ0) is 31.4. The fraction of sp³-hybridized carbons (Fsp3) is 0.161. The Hall–Kier alpha value is -5.98. The molecule has 44 heavy (non-hydrogen) atoms. The van der Waals surface area contributed by atoms with Gasteiger partial charge in [0.1, 0.15) is 12.0 Å². The number of nitrogens with one attached hydrogen (secondary N) is 4. The molecule has 224 valence electrons. The number of amides is 3. The largest absolute Gasteiger partial charge is 0.383 e. The zero-order valence-corrected chi connectivity index (χ0v) is 24.3. The van der Waals surface area contributed by atoms with Crippen molar-refractivity contribution in [3.05, 3.63) is 106 Å². The van der Waals surface area contributed by atoms with Crippen molar-refractivity contribution < 1.29 is 23.4 Å². The molecule has 0 saturated heterocycles. The van der Waals surface area contributed by atoms with Crippen molar-refractivity contribution in [1.29, 1.82) is 0 Å². The highest BCUT2D eigenvalue weighted by Gasteiger charge is 2.23. The molecule has 0 aliphatic carbocycles. The quantitative estimate of drug-likeness (QED) is 0.186. The third kappa shape index (κ3) is 6.26. The molecule has 0 atom stereocenters. The summed E-state index contributed by atoms with van der Waals surface area (Å²) < 4.78 is 11.3. The Balaban J connectivity index is 1.37. The van der Waals surface area contributed by atoms with Gasteiger partial charge < -0.3 is 30.3 Å². The van der Waals surface area contributed by atoms with E-state index in [0.29, 0.717) is 40.5 Å². The van der Waals surface area contributed by atoms with Gasteiger partial charge in [0.25, 0.3) is 23.3 Å². The molecule has 5 aromatic rings. The minimum Gasteiger partial charge on any atom is -0.383 e. The molecule has 0 spiro atoms. The van der Waals surface area contributed by atoms with Gasteiger partial charge >= 0.3 is 0 Å². The highest BCUT2D eigenvalue weighted by molar-refractivity contribution is 6.14. The lowest BCUT2D eigenvalue weighted by atomic mass is 10.1. The molecule has 0 unspecified atom stereocenters. The van der Waals surface area contributed by atoms with E-state index in [1.54, 1.807) is 69.4 Å². The molecule has 0 aliphatic rings. The van der Waals surface area contributed by atoms with E-state index < -0.39 is 17.7 Å². The van der Waals surface area contributed by atoms with Crippen molar-refractivity contribution in [2.75, 3.05) is 27.8 Å². The summed E-state index contributed by atoms with van der Waals surface area (Å²) in [7, 11) is 1.54. The normalized spacial score (nSPS) is 10.7. The number of anilines is 4. The minimum absolute atomic E-state index is 0.0103. The van der Waals surface area contributed by atoms with Gasteiger partial charge in [0.05, 0.1) is 16.8 Å². The van der Waals surface area contributed by atoms with Crippen molar-refractivity contribution in [2.45, 2.75) is 20.8 Å². The van der Waals surface area contributed by atoms with E-state index in [1.807, 2.05) is 6.92 Å². The maximum absolute atomic E-state index is 13.5. The summed E-state index contributed by atoms with van der Waals surface area (Å²) in [6.07, 6.45) is 1.33. The predicted molar refractivity (Wildman–Crippen MR) is 164 cm³/mol. The monoisotopic (exact) mass is 595 g/mol. The molecular weight excluding hydrogens is 566 g/mol. The van der Waals surface area contributed by atoms with Gasteiger partial charge in [-0.3, -0.25) is 19.2 Å². The van der Waals surface area contributed by atoms with Crippen LogP contribution in [-0.4, -0.2) is 39.1 Å². The summed E-state index contributed by atoms with van der Waals surface area (Å²) in [5.41, 5.74) is 2.89. The molecule has 0 saturated carbocycles.